The van der Waals surface area contributed by atoms with Crippen molar-refractivity contribution in [2.45, 2.75) is 45.6 Å². The molecule has 0 unspecified atom stereocenters. The zero-order valence-corrected chi connectivity index (χ0v) is 13.9. The highest BCUT2D eigenvalue weighted by Crippen LogP contribution is 2.28. The number of hydrogen-bond acceptors (Lipinski definition) is 4. The Morgan fingerprint density at radius 3 is 2.96 bits per heavy atom. The lowest BCUT2D eigenvalue weighted by molar-refractivity contribution is -0.122. The van der Waals surface area contributed by atoms with Gasteiger partial charge < -0.3 is 9.26 Å². The molecule has 5 nitrogen and oxygen atoms in total. The van der Waals surface area contributed by atoms with E-state index in [1.807, 2.05) is 13.0 Å². The molecule has 1 aromatic heterocycles. The molecule has 122 valence electrons. The van der Waals surface area contributed by atoms with Gasteiger partial charge in [0.1, 0.15) is 5.75 Å². The third-order valence-corrected chi connectivity index (χ3v) is 4.43. The van der Waals surface area contributed by atoms with Gasteiger partial charge in [-0.15, -0.1) is 0 Å². The summed E-state index contributed by atoms with van der Waals surface area (Å²) in [5, 5.41) is 7.48. The quantitative estimate of drug-likeness (QED) is 0.920. The Hall–Kier alpha value is -2.01. The molecule has 2 aromatic rings. The first-order valence-corrected chi connectivity index (χ1v) is 8.13. The van der Waals surface area contributed by atoms with Gasteiger partial charge in [0.15, 0.2) is 6.10 Å². The summed E-state index contributed by atoms with van der Waals surface area (Å²) >= 11 is 5.99. The number of hydrogen-bond donors (Lipinski definition) is 1. The van der Waals surface area contributed by atoms with Gasteiger partial charge in [-0.3, -0.25) is 10.1 Å². The highest BCUT2D eigenvalue weighted by molar-refractivity contribution is 6.31. The minimum atomic E-state index is -0.653. The second-order valence-electron chi connectivity index (χ2n) is 5.80. The number of anilines is 1. The van der Waals surface area contributed by atoms with Crippen molar-refractivity contribution in [2.24, 2.45) is 0 Å². The number of halogens is 1. The number of benzene rings is 1. The first kappa shape index (κ1) is 15.9. The molecule has 6 heteroatoms. The molecule has 0 aliphatic heterocycles. The summed E-state index contributed by atoms with van der Waals surface area (Å²) in [6, 6.07) is 5.31. The second-order valence-corrected chi connectivity index (χ2v) is 6.21. The molecule has 0 bridgehead atoms. The van der Waals surface area contributed by atoms with Crippen molar-refractivity contribution in [3.05, 3.63) is 40.0 Å². The standard InChI is InChI=1S/C17H19ClN2O3/c1-10-9-12(7-8-14(10)18)22-11(2)16(21)19-17-13-5-3-4-6-15(13)20-23-17/h7-9,11H,3-6H2,1-2H3,(H,19,21)/t11-/m1/s1. The number of nitrogens with one attached hydrogen (secondary N) is 1. The van der Waals surface area contributed by atoms with E-state index < -0.39 is 6.10 Å². The number of fused-ring (bicyclic) bond motifs is 1. The van der Waals surface area contributed by atoms with Gasteiger partial charge in [0, 0.05) is 10.6 Å². The number of aryl methyl sites for hydroxylation is 2. The maximum atomic E-state index is 12.3. The van der Waals surface area contributed by atoms with Crippen LogP contribution < -0.4 is 10.1 Å². The van der Waals surface area contributed by atoms with E-state index in [1.54, 1.807) is 19.1 Å². The Labute approximate surface area is 139 Å². The minimum Gasteiger partial charge on any atom is -0.481 e. The highest BCUT2D eigenvalue weighted by atomic mass is 35.5. The number of ether oxygens (including phenoxy) is 1. The fourth-order valence-corrected chi connectivity index (χ4v) is 2.77. The summed E-state index contributed by atoms with van der Waals surface area (Å²) < 4.78 is 10.9. The molecule has 1 aliphatic carbocycles. The Bertz CT molecular complexity index is 727. The van der Waals surface area contributed by atoms with Crippen LogP contribution in [0.5, 0.6) is 5.75 Å². The number of carbonyl (C=O) groups is 1. The predicted molar refractivity (Wildman–Crippen MR) is 88.1 cm³/mol. The van der Waals surface area contributed by atoms with E-state index in [2.05, 4.69) is 10.5 Å². The van der Waals surface area contributed by atoms with Gasteiger partial charge >= 0.3 is 0 Å². The van der Waals surface area contributed by atoms with Crippen LogP contribution in [0.25, 0.3) is 0 Å². The Morgan fingerprint density at radius 1 is 1.39 bits per heavy atom. The van der Waals surface area contributed by atoms with Crippen molar-refractivity contribution in [3.63, 3.8) is 0 Å². The van der Waals surface area contributed by atoms with Gasteiger partial charge in [-0.05, 0) is 63.3 Å². The van der Waals surface area contributed by atoms with Crippen LogP contribution in [0.15, 0.2) is 22.7 Å². The van der Waals surface area contributed by atoms with Crippen molar-refractivity contribution in [1.82, 2.24) is 5.16 Å². The monoisotopic (exact) mass is 334 g/mol. The molecule has 0 saturated heterocycles. The summed E-state index contributed by atoms with van der Waals surface area (Å²) in [7, 11) is 0. The largest absolute Gasteiger partial charge is 0.481 e. The zero-order valence-electron chi connectivity index (χ0n) is 13.2. The van der Waals surface area contributed by atoms with Crippen molar-refractivity contribution < 1.29 is 14.1 Å². The van der Waals surface area contributed by atoms with E-state index in [0.29, 0.717) is 16.7 Å². The maximum absolute atomic E-state index is 12.3. The van der Waals surface area contributed by atoms with Gasteiger partial charge in [-0.2, -0.15) is 0 Å². The van der Waals surface area contributed by atoms with Crippen LogP contribution in [0.3, 0.4) is 0 Å². The molecule has 3 rings (SSSR count). The lowest BCUT2D eigenvalue weighted by atomic mass is 9.98. The Kier molecular flexibility index (Phi) is 4.57. The molecule has 0 saturated carbocycles. The molecule has 1 heterocycles. The molecule has 1 aromatic carbocycles. The normalized spacial score (nSPS) is 14.9. The van der Waals surface area contributed by atoms with Crippen LogP contribution in [0.1, 0.15) is 36.6 Å². The van der Waals surface area contributed by atoms with Crippen molar-refractivity contribution in [2.75, 3.05) is 5.32 Å². The molecule has 0 spiro atoms. The van der Waals surface area contributed by atoms with E-state index in [4.69, 9.17) is 20.9 Å². The topological polar surface area (TPSA) is 64.4 Å². The van der Waals surface area contributed by atoms with Crippen molar-refractivity contribution >= 4 is 23.4 Å². The number of amides is 1. The number of rotatable bonds is 4. The van der Waals surface area contributed by atoms with Gasteiger partial charge in [0.2, 0.25) is 5.88 Å². The van der Waals surface area contributed by atoms with Crippen LogP contribution in [0.4, 0.5) is 5.88 Å². The SMILES string of the molecule is Cc1cc(O[C@H](C)C(=O)Nc2onc3c2CCCC3)ccc1Cl. The van der Waals surface area contributed by atoms with Crippen molar-refractivity contribution in [3.8, 4) is 5.75 Å². The Balaban J connectivity index is 1.65. The van der Waals surface area contributed by atoms with E-state index >= 15 is 0 Å². The average molecular weight is 335 g/mol. The summed E-state index contributed by atoms with van der Waals surface area (Å²) in [4.78, 5) is 12.3. The summed E-state index contributed by atoms with van der Waals surface area (Å²) in [5.74, 6) is 0.795. The molecule has 23 heavy (non-hydrogen) atoms. The van der Waals surface area contributed by atoms with Crippen LogP contribution in [-0.4, -0.2) is 17.2 Å². The minimum absolute atomic E-state index is 0.262. The lowest BCUT2D eigenvalue weighted by Crippen LogP contribution is -2.30. The molecule has 0 fully saturated rings. The maximum Gasteiger partial charge on any atom is 0.267 e. The Morgan fingerprint density at radius 2 is 2.17 bits per heavy atom. The van der Waals surface area contributed by atoms with E-state index in [-0.39, 0.29) is 5.91 Å². The fourth-order valence-electron chi connectivity index (χ4n) is 2.65. The molecule has 1 amide bonds. The summed E-state index contributed by atoms with van der Waals surface area (Å²) in [6.07, 6.45) is 3.35. The van der Waals surface area contributed by atoms with E-state index in [9.17, 15) is 4.79 Å². The fraction of sp³-hybridized carbons (Fsp3) is 0.412. The first-order chi connectivity index (χ1) is 11.0. The van der Waals surface area contributed by atoms with Crippen LogP contribution in [0, 0.1) is 6.92 Å². The van der Waals surface area contributed by atoms with Gasteiger partial charge in [-0.1, -0.05) is 16.8 Å². The van der Waals surface area contributed by atoms with Crippen LogP contribution >= 0.6 is 11.6 Å². The molecular formula is C17H19ClN2O3. The predicted octanol–water partition coefficient (Wildman–Crippen LogP) is 3.92. The van der Waals surface area contributed by atoms with Crippen molar-refractivity contribution in [1.29, 1.82) is 0 Å². The summed E-state index contributed by atoms with van der Waals surface area (Å²) in [6.45, 7) is 3.59. The zero-order chi connectivity index (χ0) is 16.4. The number of nitrogens with zero attached hydrogens (tertiary/aromatic N) is 1. The van der Waals surface area contributed by atoms with E-state index in [0.717, 1.165) is 42.5 Å². The smallest absolute Gasteiger partial charge is 0.267 e. The van der Waals surface area contributed by atoms with Crippen LogP contribution in [0.2, 0.25) is 5.02 Å². The lowest BCUT2D eigenvalue weighted by Gasteiger charge is -2.15. The molecule has 1 N–H and O–H groups in total. The van der Waals surface area contributed by atoms with Crippen LogP contribution in [-0.2, 0) is 17.6 Å². The molecule has 1 aliphatic rings. The van der Waals surface area contributed by atoms with Gasteiger partial charge in [0.05, 0.1) is 5.69 Å². The van der Waals surface area contributed by atoms with Gasteiger partial charge in [-0.25, -0.2) is 0 Å². The molecule has 1 atom stereocenters. The molecule has 0 radical (unpaired) electrons. The first-order valence-electron chi connectivity index (χ1n) is 7.75. The molecular weight excluding hydrogens is 316 g/mol. The van der Waals surface area contributed by atoms with E-state index in [1.165, 1.54) is 0 Å². The number of carbonyl (C=O) groups excluding carboxylic acids is 1. The second kappa shape index (κ2) is 6.62. The summed E-state index contributed by atoms with van der Waals surface area (Å²) in [5.41, 5.74) is 2.87. The average Bonchev–Trinajstić information content (AvgIpc) is 2.94. The third kappa shape index (κ3) is 3.50. The number of aromatic nitrogens is 1. The third-order valence-electron chi connectivity index (χ3n) is 4.01. The highest BCUT2D eigenvalue weighted by Gasteiger charge is 2.23. The van der Waals surface area contributed by atoms with Gasteiger partial charge in [0.25, 0.3) is 5.91 Å².